The van der Waals surface area contributed by atoms with Gasteiger partial charge in [0.15, 0.2) is 11.5 Å². The highest BCUT2D eigenvalue weighted by atomic mass is 32.1. The van der Waals surface area contributed by atoms with Crippen LogP contribution in [0.15, 0.2) is 23.6 Å². The lowest BCUT2D eigenvalue weighted by Gasteiger charge is -2.27. The van der Waals surface area contributed by atoms with Crippen LogP contribution in [0.1, 0.15) is 34.0 Å². The Bertz CT molecular complexity index is 743. The van der Waals surface area contributed by atoms with Crippen molar-refractivity contribution in [1.82, 2.24) is 10.2 Å². The van der Waals surface area contributed by atoms with E-state index in [0.717, 1.165) is 44.0 Å². The van der Waals surface area contributed by atoms with E-state index in [9.17, 15) is 0 Å². The Morgan fingerprint density at radius 2 is 2.12 bits per heavy atom. The first-order valence-corrected chi connectivity index (χ1v) is 9.93. The summed E-state index contributed by atoms with van der Waals surface area (Å²) in [5.41, 5.74) is 4.20. The summed E-state index contributed by atoms with van der Waals surface area (Å²) in [6.45, 7) is 4.42. The van der Waals surface area contributed by atoms with Crippen molar-refractivity contribution in [3.05, 3.63) is 45.1 Å². The van der Waals surface area contributed by atoms with Crippen molar-refractivity contribution in [1.29, 1.82) is 0 Å². The normalized spacial score (nSPS) is 19.5. The van der Waals surface area contributed by atoms with Crippen molar-refractivity contribution in [3.8, 4) is 11.5 Å². The first-order valence-electron chi connectivity index (χ1n) is 9.05. The van der Waals surface area contributed by atoms with E-state index in [4.69, 9.17) is 9.47 Å². The van der Waals surface area contributed by atoms with Crippen molar-refractivity contribution in [2.45, 2.75) is 31.8 Å². The van der Waals surface area contributed by atoms with Crippen LogP contribution < -0.4 is 14.8 Å². The van der Waals surface area contributed by atoms with Crippen molar-refractivity contribution in [2.24, 2.45) is 0 Å². The fraction of sp³-hybridized carbons (Fsp3) is 0.500. The summed E-state index contributed by atoms with van der Waals surface area (Å²) in [5, 5.41) is 5.98. The van der Waals surface area contributed by atoms with Gasteiger partial charge in [0.25, 0.3) is 0 Å². The SMILES string of the molecule is COc1ccc2c(c1OC)CC[C@H]2NCCN1CCc2sccc2C1. The molecule has 1 aliphatic carbocycles. The highest BCUT2D eigenvalue weighted by Crippen LogP contribution is 2.42. The van der Waals surface area contributed by atoms with Crippen molar-refractivity contribution >= 4 is 11.3 Å². The molecule has 2 aromatic rings. The van der Waals surface area contributed by atoms with E-state index < -0.39 is 0 Å². The fourth-order valence-electron chi connectivity index (χ4n) is 4.14. The molecule has 0 fully saturated rings. The van der Waals surface area contributed by atoms with Crippen molar-refractivity contribution < 1.29 is 9.47 Å². The molecule has 1 N–H and O–H groups in total. The van der Waals surface area contributed by atoms with Crippen LogP contribution in [0.25, 0.3) is 0 Å². The zero-order chi connectivity index (χ0) is 17.2. The van der Waals surface area contributed by atoms with Crippen LogP contribution in [0.2, 0.25) is 0 Å². The van der Waals surface area contributed by atoms with Gasteiger partial charge >= 0.3 is 0 Å². The highest BCUT2D eigenvalue weighted by molar-refractivity contribution is 7.10. The van der Waals surface area contributed by atoms with Gasteiger partial charge in [-0.25, -0.2) is 0 Å². The smallest absolute Gasteiger partial charge is 0.164 e. The molecule has 1 aliphatic heterocycles. The molecule has 2 heterocycles. The van der Waals surface area contributed by atoms with Crippen LogP contribution >= 0.6 is 11.3 Å². The third kappa shape index (κ3) is 3.28. The van der Waals surface area contributed by atoms with Gasteiger partial charge in [0.1, 0.15) is 0 Å². The fourth-order valence-corrected chi connectivity index (χ4v) is 5.03. The first kappa shape index (κ1) is 16.9. The molecule has 5 heteroatoms. The van der Waals surface area contributed by atoms with E-state index in [1.165, 1.54) is 29.7 Å². The Morgan fingerprint density at radius 3 is 2.96 bits per heavy atom. The molecule has 4 nitrogen and oxygen atoms in total. The molecule has 1 aromatic carbocycles. The molecule has 134 valence electrons. The number of thiophene rings is 1. The highest BCUT2D eigenvalue weighted by Gasteiger charge is 2.27. The van der Waals surface area contributed by atoms with E-state index in [0.29, 0.717) is 6.04 Å². The third-order valence-electron chi connectivity index (χ3n) is 5.45. The number of ether oxygens (including phenoxy) is 2. The average molecular weight is 359 g/mol. The maximum Gasteiger partial charge on any atom is 0.164 e. The summed E-state index contributed by atoms with van der Waals surface area (Å²) < 4.78 is 11.0. The molecular formula is C20H26N2O2S. The second-order valence-corrected chi connectivity index (χ2v) is 7.81. The monoisotopic (exact) mass is 358 g/mol. The van der Waals surface area contributed by atoms with E-state index in [-0.39, 0.29) is 0 Å². The van der Waals surface area contributed by atoms with Crippen LogP contribution in [0.4, 0.5) is 0 Å². The van der Waals surface area contributed by atoms with Gasteiger partial charge in [0.2, 0.25) is 0 Å². The molecule has 0 saturated heterocycles. The number of fused-ring (bicyclic) bond motifs is 2. The van der Waals surface area contributed by atoms with Crippen LogP contribution in [0.3, 0.4) is 0 Å². The quantitative estimate of drug-likeness (QED) is 0.858. The minimum absolute atomic E-state index is 0.427. The Labute approximate surface area is 153 Å². The summed E-state index contributed by atoms with van der Waals surface area (Å²) in [6.07, 6.45) is 3.39. The number of hydrogen-bond acceptors (Lipinski definition) is 5. The van der Waals surface area contributed by atoms with Gasteiger partial charge in [0.05, 0.1) is 14.2 Å². The van der Waals surface area contributed by atoms with Gasteiger partial charge in [-0.1, -0.05) is 6.07 Å². The van der Waals surface area contributed by atoms with Gasteiger partial charge in [0, 0.05) is 42.7 Å². The summed E-state index contributed by atoms with van der Waals surface area (Å²) in [4.78, 5) is 4.14. The summed E-state index contributed by atoms with van der Waals surface area (Å²) in [6, 6.07) is 6.93. The molecule has 1 aromatic heterocycles. The largest absolute Gasteiger partial charge is 0.493 e. The van der Waals surface area contributed by atoms with Gasteiger partial charge in [-0.2, -0.15) is 0 Å². The van der Waals surface area contributed by atoms with Gasteiger partial charge in [-0.15, -0.1) is 11.3 Å². The van der Waals surface area contributed by atoms with Gasteiger partial charge in [-0.05, 0) is 47.9 Å². The maximum absolute atomic E-state index is 5.59. The van der Waals surface area contributed by atoms with Gasteiger partial charge < -0.3 is 14.8 Å². The number of methoxy groups -OCH3 is 2. The molecule has 0 unspecified atom stereocenters. The second kappa shape index (κ2) is 7.36. The maximum atomic E-state index is 5.59. The number of hydrogen-bond donors (Lipinski definition) is 1. The lowest BCUT2D eigenvalue weighted by molar-refractivity contribution is 0.252. The van der Waals surface area contributed by atoms with Crippen LogP contribution in [0, 0.1) is 0 Å². The molecular weight excluding hydrogens is 332 g/mol. The predicted octanol–water partition coefficient (Wildman–Crippen LogP) is 3.40. The molecule has 0 bridgehead atoms. The summed E-state index contributed by atoms with van der Waals surface area (Å²) in [5.74, 6) is 1.74. The number of nitrogens with zero attached hydrogens (tertiary/aromatic N) is 1. The number of nitrogens with one attached hydrogen (secondary N) is 1. The average Bonchev–Trinajstić information content (AvgIpc) is 3.27. The molecule has 0 radical (unpaired) electrons. The second-order valence-electron chi connectivity index (χ2n) is 6.81. The van der Waals surface area contributed by atoms with E-state index >= 15 is 0 Å². The number of rotatable bonds is 6. The molecule has 2 aliphatic rings. The number of benzene rings is 1. The Morgan fingerprint density at radius 1 is 1.20 bits per heavy atom. The minimum Gasteiger partial charge on any atom is -0.493 e. The molecule has 0 amide bonds. The first-order chi connectivity index (χ1) is 12.3. The Balaban J connectivity index is 1.35. The molecule has 0 saturated carbocycles. The lowest BCUT2D eigenvalue weighted by atomic mass is 10.1. The summed E-state index contributed by atoms with van der Waals surface area (Å²) >= 11 is 1.91. The molecule has 0 spiro atoms. The van der Waals surface area contributed by atoms with Crippen molar-refractivity contribution in [2.75, 3.05) is 33.9 Å². The topological polar surface area (TPSA) is 33.7 Å². The lowest BCUT2D eigenvalue weighted by Crippen LogP contribution is -2.36. The Hall–Kier alpha value is -1.56. The van der Waals surface area contributed by atoms with Crippen molar-refractivity contribution in [3.63, 3.8) is 0 Å². The molecule has 1 atom stereocenters. The van der Waals surface area contributed by atoms with Crippen LogP contribution in [-0.4, -0.2) is 38.8 Å². The van der Waals surface area contributed by atoms with Gasteiger partial charge in [-0.3, -0.25) is 4.90 Å². The predicted molar refractivity (Wildman–Crippen MR) is 102 cm³/mol. The van der Waals surface area contributed by atoms with E-state index in [1.54, 1.807) is 19.1 Å². The minimum atomic E-state index is 0.427. The van der Waals surface area contributed by atoms with Crippen LogP contribution in [0.5, 0.6) is 11.5 Å². The third-order valence-corrected chi connectivity index (χ3v) is 6.47. The zero-order valence-electron chi connectivity index (χ0n) is 15.0. The Kier molecular flexibility index (Phi) is 4.97. The van der Waals surface area contributed by atoms with E-state index in [2.05, 4.69) is 27.7 Å². The van der Waals surface area contributed by atoms with E-state index in [1.807, 2.05) is 17.4 Å². The zero-order valence-corrected chi connectivity index (χ0v) is 15.8. The van der Waals surface area contributed by atoms with Crippen LogP contribution in [-0.2, 0) is 19.4 Å². The summed E-state index contributed by atoms with van der Waals surface area (Å²) in [7, 11) is 3.43. The molecule has 4 rings (SSSR count). The molecule has 25 heavy (non-hydrogen) atoms. The standard InChI is InChI=1S/C20H26N2O2S/c1-23-18-6-4-15-16(20(18)24-2)3-5-17(15)21-9-11-22-10-7-19-14(13-22)8-12-25-19/h4,6,8,12,17,21H,3,5,7,9-11,13H2,1-2H3/t17-/m1/s1.